The van der Waals surface area contributed by atoms with E-state index in [9.17, 15) is 15.0 Å². The maximum atomic E-state index is 11.8. The van der Waals surface area contributed by atoms with E-state index in [0.29, 0.717) is 11.5 Å². The molecule has 0 radical (unpaired) electrons. The molecule has 2 aromatic rings. The Labute approximate surface area is 135 Å². The molecule has 5 nitrogen and oxygen atoms in total. The van der Waals surface area contributed by atoms with Crippen LogP contribution in [-0.4, -0.2) is 30.4 Å². The van der Waals surface area contributed by atoms with Gasteiger partial charge in [0.15, 0.2) is 0 Å². The van der Waals surface area contributed by atoms with Crippen LogP contribution in [0.3, 0.4) is 0 Å². The summed E-state index contributed by atoms with van der Waals surface area (Å²) >= 11 is 0. The predicted molar refractivity (Wildman–Crippen MR) is 86.1 cm³/mol. The molecule has 0 amide bonds. The Hall–Kier alpha value is -2.53. The summed E-state index contributed by atoms with van der Waals surface area (Å²) in [4.78, 5) is 11.8. The molecule has 0 fully saturated rings. The van der Waals surface area contributed by atoms with E-state index >= 15 is 0 Å². The zero-order valence-electron chi connectivity index (χ0n) is 13.6. The second kappa shape index (κ2) is 6.30. The number of carbonyl (C=O) groups is 1. The van der Waals surface area contributed by atoms with Crippen LogP contribution in [0.1, 0.15) is 22.3 Å². The number of rotatable bonds is 5. The second-order valence-electron chi connectivity index (χ2n) is 5.38. The number of aliphatic hydroxyl groups is 1. The van der Waals surface area contributed by atoms with E-state index < -0.39 is 11.6 Å². The number of aliphatic carboxylic acids is 1. The number of aryl methyl sites for hydroxylation is 2. The van der Waals surface area contributed by atoms with Crippen molar-refractivity contribution in [1.29, 1.82) is 0 Å². The lowest BCUT2D eigenvalue weighted by Gasteiger charge is -2.26. The standard InChI is InChI=1S/C18H20O5/c1-11-9-13(5-7-15(11)22-3)18(21,17(19)20)14-6-8-16(23-4)12(2)10-14/h5-10,21H,1-4H3,(H,19,20). The number of methoxy groups -OCH3 is 2. The first-order chi connectivity index (χ1) is 10.8. The summed E-state index contributed by atoms with van der Waals surface area (Å²) in [5, 5.41) is 20.6. The summed E-state index contributed by atoms with van der Waals surface area (Å²) in [5.41, 5.74) is -0.112. The minimum absolute atomic E-state index is 0.271. The van der Waals surface area contributed by atoms with Gasteiger partial charge in [-0.25, -0.2) is 4.79 Å². The lowest BCUT2D eigenvalue weighted by Crippen LogP contribution is -2.37. The van der Waals surface area contributed by atoms with Gasteiger partial charge in [-0.05, 0) is 60.4 Å². The molecule has 2 N–H and O–H groups in total. The van der Waals surface area contributed by atoms with Crippen LogP contribution in [0.4, 0.5) is 0 Å². The normalized spacial score (nSPS) is 11.2. The summed E-state index contributed by atoms with van der Waals surface area (Å²) in [6.07, 6.45) is 0. The largest absolute Gasteiger partial charge is 0.496 e. The van der Waals surface area contributed by atoms with Crippen LogP contribution in [0.15, 0.2) is 36.4 Å². The minimum atomic E-state index is -2.14. The third-order valence-corrected chi connectivity index (χ3v) is 3.93. The van der Waals surface area contributed by atoms with Crippen LogP contribution in [0.2, 0.25) is 0 Å². The first kappa shape index (κ1) is 16.8. The van der Waals surface area contributed by atoms with Crippen LogP contribution in [-0.2, 0) is 10.4 Å². The lowest BCUT2D eigenvalue weighted by atomic mass is 9.85. The topological polar surface area (TPSA) is 76.0 Å². The Balaban J connectivity index is 2.62. The molecule has 0 atom stereocenters. The highest BCUT2D eigenvalue weighted by molar-refractivity contribution is 5.84. The van der Waals surface area contributed by atoms with Crippen molar-refractivity contribution in [3.63, 3.8) is 0 Å². The molecular weight excluding hydrogens is 296 g/mol. The molecule has 0 unspecified atom stereocenters. The Bertz CT molecular complexity index is 683. The van der Waals surface area contributed by atoms with E-state index in [2.05, 4.69) is 0 Å². The lowest BCUT2D eigenvalue weighted by molar-refractivity contribution is -0.155. The van der Waals surface area contributed by atoms with Crippen molar-refractivity contribution >= 4 is 5.97 Å². The molecule has 23 heavy (non-hydrogen) atoms. The molecule has 2 rings (SSSR count). The van der Waals surface area contributed by atoms with Gasteiger partial charge in [-0.1, -0.05) is 12.1 Å². The summed E-state index contributed by atoms with van der Waals surface area (Å²) in [5.74, 6) is -0.0774. The molecule has 0 aliphatic carbocycles. The second-order valence-corrected chi connectivity index (χ2v) is 5.38. The first-order valence-electron chi connectivity index (χ1n) is 7.10. The van der Waals surface area contributed by atoms with Crippen molar-refractivity contribution in [1.82, 2.24) is 0 Å². The zero-order valence-corrected chi connectivity index (χ0v) is 13.6. The summed E-state index contributed by atoms with van der Waals surface area (Å²) in [7, 11) is 3.08. The van der Waals surface area contributed by atoms with Crippen LogP contribution in [0.25, 0.3) is 0 Å². The van der Waals surface area contributed by atoms with Gasteiger partial charge < -0.3 is 19.7 Å². The molecule has 0 aromatic heterocycles. The number of hydrogen-bond acceptors (Lipinski definition) is 4. The van der Waals surface area contributed by atoms with Crippen LogP contribution < -0.4 is 9.47 Å². The number of benzene rings is 2. The van der Waals surface area contributed by atoms with Crippen molar-refractivity contribution in [2.75, 3.05) is 14.2 Å². The van der Waals surface area contributed by atoms with Crippen molar-refractivity contribution in [2.45, 2.75) is 19.4 Å². The van der Waals surface area contributed by atoms with E-state index in [1.165, 1.54) is 14.2 Å². The van der Waals surface area contributed by atoms with E-state index in [4.69, 9.17) is 9.47 Å². The van der Waals surface area contributed by atoms with Gasteiger partial charge in [-0.2, -0.15) is 0 Å². The van der Waals surface area contributed by atoms with Gasteiger partial charge in [-0.3, -0.25) is 0 Å². The van der Waals surface area contributed by atoms with Gasteiger partial charge in [0.2, 0.25) is 5.60 Å². The van der Waals surface area contributed by atoms with E-state index in [1.54, 1.807) is 50.2 Å². The highest BCUT2D eigenvalue weighted by Gasteiger charge is 2.40. The number of ether oxygens (including phenoxy) is 2. The fraction of sp³-hybridized carbons (Fsp3) is 0.278. The molecule has 5 heteroatoms. The van der Waals surface area contributed by atoms with Gasteiger partial charge in [0.25, 0.3) is 0 Å². The highest BCUT2D eigenvalue weighted by atomic mass is 16.5. The van der Waals surface area contributed by atoms with E-state index in [0.717, 1.165) is 11.1 Å². The van der Waals surface area contributed by atoms with Crippen LogP contribution in [0.5, 0.6) is 11.5 Å². The molecule has 122 valence electrons. The predicted octanol–water partition coefficient (Wildman–Crippen LogP) is 2.64. The van der Waals surface area contributed by atoms with Crippen molar-refractivity contribution in [3.8, 4) is 11.5 Å². The van der Waals surface area contributed by atoms with Crippen LogP contribution in [0, 0.1) is 13.8 Å². The number of hydrogen-bond donors (Lipinski definition) is 2. The Kier molecular flexibility index (Phi) is 4.61. The maximum absolute atomic E-state index is 11.8. The molecule has 0 bridgehead atoms. The summed E-state index contributed by atoms with van der Waals surface area (Å²) in [6, 6.07) is 9.64. The third kappa shape index (κ3) is 2.87. The van der Waals surface area contributed by atoms with Crippen molar-refractivity contribution in [2.24, 2.45) is 0 Å². The molecule has 2 aromatic carbocycles. The first-order valence-corrected chi connectivity index (χ1v) is 7.10. The molecule has 0 saturated heterocycles. The third-order valence-electron chi connectivity index (χ3n) is 3.93. The SMILES string of the molecule is COc1ccc(C(O)(C(=O)O)c2ccc(OC)c(C)c2)cc1C. The smallest absolute Gasteiger partial charge is 0.345 e. The number of carboxylic acids is 1. The molecular formula is C18H20O5. The number of carboxylic acid groups (broad SMARTS) is 1. The Morgan fingerprint density at radius 3 is 1.57 bits per heavy atom. The zero-order chi connectivity index (χ0) is 17.2. The Morgan fingerprint density at radius 2 is 1.30 bits per heavy atom. The molecule has 0 saturated carbocycles. The van der Waals surface area contributed by atoms with Gasteiger partial charge >= 0.3 is 5.97 Å². The van der Waals surface area contributed by atoms with Gasteiger partial charge in [-0.15, -0.1) is 0 Å². The monoisotopic (exact) mass is 316 g/mol. The minimum Gasteiger partial charge on any atom is -0.496 e. The van der Waals surface area contributed by atoms with Gasteiger partial charge in [0.05, 0.1) is 14.2 Å². The van der Waals surface area contributed by atoms with E-state index in [-0.39, 0.29) is 11.1 Å². The highest BCUT2D eigenvalue weighted by Crippen LogP contribution is 2.34. The fourth-order valence-corrected chi connectivity index (χ4v) is 2.62. The fourth-order valence-electron chi connectivity index (χ4n) is 2.62. The molecule has 0 heterocycles. The molecule has 0 aliphatic heterocycles. The van der Waals surface area contributed by atoms with Crippen molar-refractivity contribution in [3.05, 3.63) is 58.7 Å². The summed E-state index contributed by atoms with van der Waals surface area (Å²) < 4.78 is 10.4. The maximum Gasteiger partial charge on any atom is 0.345 e. The van der Waals surface area contributed by atoms with Crippen molar-refractivity contribution < 1.29 is 24.5 Å². The van der Waals surface area contributed by atoms with Crippen LogP contribution >= 0.6 is 0 Å². The van der Waals surface area contributed by atoms with Gasteiger partial charge in [0.1, 0.15) is 11.5 Å². The molecule has 0 aliphatic rings. The average Bonchev–Trinajstić information content (AvgIpc) is 2.53. The van der Waals surface area contributed by atoms with Gasteiger partial charge in [0, 0.05) is 0 Å². The average molecular weight is 316 g/mol. The summed E-state index contributed by atoms with van der Waals surface area (Å²) in [6.45, 7) is 3.59. The van der Waals surface area contributed by atoms with E-state index in [1.807, 2.05) is 0 Å². The Morgan fingerprint density at radius 1 is 0.913 bits per heavy atom. The quantitative estimate of drug-likeness (QED) is 0.887. The molecule has 0 spiro atoms.